The summed E-state index contributed by atoms with van der Waals surface area (Å²) in [5.41, 5.74) is 3.25. The predicted molar refractivity (Wildman–Crippen MR) is 270 cm³/mol. The van der Waals surface area contributed by atoms with Gasteiger partial charge in [-0.2, -0.15) is 0 Å². The van der Waals surface area contributed by atoms with Crippen molar-refractivity contribution in [1.29, 1.82) is 0 Å². The molecule has 0 spiro atoms. The summed E-state index contributed by atoms with van der Waals surface area (Å²) in [6.07, 6.45) is 10.4. The average Bonchev–Trinajstić information content (AvgIpc) is 3.35. The normalized spacial score (nSPS) is 11.9. The highest BCUT2D eigenvalue weighted by Gasteiger charge is 2.42. The van der Waals surface area contributed by atoms with Gasteiger partial charge in [0.1, 0.15) is 36.2 Å². The van der Waals surface area contributed by atoms with E-state index in [2.05, 4.69) is 82.9 Å². The Morgan fingerprint density at radius 3 is 1.01 bits per heavy atom. The molecule has 0 fully saturated rings. The number of imide groups is 2. The summed E-state index contributed by atoms with van der Waals surface area (Å²) in [5.74, 6) is 34.3. The number of ether oxygens (including phenoxy) is 4. The molecule has 0 aromatic heterocycles. The fourth-order valence-corrected chi connectivity index (χ4v) is 8.78. The first-order valence-electron chi connectivity index (χ1n) is 21.8. The van der Waals surface area contributed by atoms with E-state index < -0.39 is 23.6 Å². The lowest BCUT2D eigenvalue weighted by Crippen LogP contribution is -2.40. The number of carbonyl (C=O) groups excluding carboxylic acids is 4. The van der Waals surface area contributed by atoms with Gasteiger partial charge in [-0.1, -0.05) is 35.4 Å². The summed E-state index contributed by atoms with van der Waals surface area (Å²) in [6.45, 7) is 7.28. The molecule has 2 heterocycles. The van der Waals surface area contributed by atoms with Crippen molar-refractivity contribution in [2.75, 3.05) is 36.2 Å². The van der Waals surface area contributed by atoms with Crippen LogP contribution in [0.1, 0.15) is 66.4 Å². The van der Waals surface area contributed by atoms with Gasteiger partial charge in [0.25, 0.3) is 23.6 Å². The quantitative estimate of drug-likeness (QED) is 0.0580. The first-order chi connectivity index (χ1) is 34.1. The lowest BCUT2D eigenvalue weighted by atomic mass is 9.80. The largest absolute Gasteiger partial charge is 0.493 e. The number of benzene rings is 7. The van der Waals surface area contributed by atoms with Crippen molar-refractivity contribution in [2.45, 2.75) is 27.7 Å². The highest BCUT2D eigenvalue weighted by Crippen LogP contribution is 2.56. The van der Waals surface area contributed by atoms with E-state index in [9.17, 15) is 9.59 Å². The first kappa shape index (κ1) is 45.0. The Labute approximate surface area is 403 Å². The van der Waals surface area contributed by atoms with Crippen LogP contribution < -0.4 is 28.7 Å². The second-order valence-corrected chi connectivity index (χ2v) is 15.6. The minimum absolute atomic E-state index is 0.140. The second kappa shape index (κ2) is 19.0. The first-order valence-corrected chi connectivity index (χ1v) is 21.8. The van der Waals surface area contributed by atoms with Gasteiger partial charge in [0, 0.05) is 43.1 Å². The van der Waals surface area contributed by atoms with Crippen molar-refractivity contribution in [3.63, 3.8) is 0 Å². The SMILES string of the molecule is C#CC#CC#CC#CCOc1cc2c3c(cc(OCC#CC#CC#CC#C)c4c5c(OCC)cc6c7c(cc(OCC)c(c1c34)c75)C(=O)N(c1ccc(C)cc1)C6=O)C(=O)N(c1ccc(C)cc1)C2=O. The Hall–Kier alpha value is -10.2. The fraction of sp³-hybridized carbons (Fsp3) is 0.133. The number of hydrogen-bond acceptors (Lipinski definition) is 8. The van der Waals surface area contributed by atoms with Crippen LogP contribution in [0.25, 0.3) is 43.1 Å². The van der Waals surface area contributed by atoms with Gasteiger partial charge < -0.3 is 18.9 Å². The highest BCUT2D eigenvalue weighted by molar-refractivity contribution is 6.48. The summed E-state index contributed by atoms with van der Waals surface area (Å²) in [7, 11) is 0. The number of fused-ring (bicyclic) bond motifs is 2. The summed E-state index contributed by atoms with van der Waals surface area (Å²) >= 11 is 0. The monoisotopic (exact) mass is 910 g/mol. The number of terminal acetylenes is 2. The fourth-order valence-electron chi connectivity index (χ4n) is 8.78. The van der Waals surface area contributed by atoms with Gasteiger partial charge in [-0.3, -0.25) is 19.2 Å². The highest BCUT2D eigenvalue weighted by atomic mass is 16.5. The lowest BCUT2D eigenvalue weighted by Gasteiger charge is -2.32. The van der Waals surface area contributed by atoms with Crippen LogP contribution in [0, 0.1) is 110 Å². The number of rotatable bonds is 10. The van der Waals surface area contributed by atoms with Crippen molar-refractivity contribution >= 4 is 78.1 Å². The van der Waals surface area contributed by atoms with Crippen molar-refractivity contribution < 1.29 is 38.1 Å². The number of hydrogen-bond donors (Lipinski definition) is 0. The molecule has 70 heavy (non-hydrogen) atoms. The Morgan fingerprint density at radius 1 is 0.400 bits per heavy atom. The molecule has 0 aliphatic carbocycles. The molecule has 0 unspecified atom stereocenters. The Balaban J connectivity index is 1.44. The Bertz CT molecular complexity index is 3760. The molecule has 0 radical (unpaired) electrons. The number of amides is 4. The van der Waals surface area contributed by atoms with E-state index in [0.29, 0.717) is 54.5 Å². The van der Waals surface area contributed by atoms with E-state index in [1.54, 1.807) is 62.4 Å². The van der Waals surface area contributed by atoms with Gasteiger partial charge in [-0.05, 0) is 159 Å². The van der Waals surface area contributed by atoms with E-state index in [-0.39, 0.29) is 71.7 Å². The molecule has 0 saturated carbocycles. The average molecular weight is 911 g/mol. The van der Waals surface area contributed by atoms with Crippen LogP contribution in [0.4, 0.5) is 11.4 Å². The Morgan fingerprint density at radius 2 is 0.700 bits per heavy atom. The molecule has 2 aliphatic rings. The van der Waals surface area contributed by atoms with Gasteiger partial charge in [-0.15, -0.1) is 12.8 Å². The third kappa shape index (κ3) is 7.68. The molecule has 7 aromatic rings. The number of carbonyl (C=O) groups is 4. The third-order valence-electron chi connectivity index (χ3n) is 11.5. The van der Waals surface area contributed by atoms with Crippen molar-refractivity contribution in [3.05, 3.63) is 106 Å². The van der Waals surface area contributed by atoms with E-state index >= 15 is 9.59 Å². The standard InChI is InChI=1S/C60H34N2O8/c1-7-11-13-15-17-19-21-31-69-47-35-43-50-44(60(66)62(59(43)65)40-29-25-38(6)26-30-40)36-48(70-32-22-20-18-16-14-12-8-2)54-52-46(68-10-4)34-42-49-41(33-45(67-9-3)51(55(49)52)53(47)56(50)54)57(63)61(58(42)64)39-27-23-37(5)24-28-39/h1-2,23-30,33-36H,9-10,31-32H2,3-6H3. The molecule has 10 heteroatoms. The van der Waals surface area contributed by atoms with E-state index in [0.717, 1.165) is 20.9 Å². The molecule has 0 saturated heterocycles. The maximum absolute atomic E-state index is 15.0. The summed E-state index contributed by atoms with van der Waals surface area (Å²) in [5, 5.41) is 3.03. The maximum Gasteiger partial charge on any atom is 0.266 e. The van der Waals surface area contributed by atoms with Gasteiger partial charge in [0.2, 0.25) is 0 Å². The van der Waals surface area contributed by atoms with Crippen LogP contribution in [-0.2, 0) is 0 Å². The molecule has 7 aromatic carbocycles. The van der Waals surface area contributed by atoms with Gasteiger partial charge in [0.15, 0.2) is 0 Å². The smallest absolute Gasteiger partial charge is 0.266 e. The zero-order chi connectivity index (χ0) is 49.1. The van der Waals surface area contributed by atoms with Gasteiger partial charge in [-0.25, -0.2) is 9.80 Å². The minimum Gasteiger partial charge on any atom is -0.493 e. The summed E-state index contributed by atoms with van der Waals surface area (Å²) in [6, 6.07) is 20.5. The number of anilines is 2. The van der Waals surface area contributed by atoms with E-state index in [1.807, 2.05) is 38.1 Å². The predicted octanol–water partition coefficient (Wildman–Crippen LogP) is 8.80. The Kier molecular flexibility index (Phi) is 12.2. The molecular formula is C60H34N2O8. The second-order valence-electron chi connectivity index (χ2n) is 15.6. The van der Waals surface area contributed by atoms with Crippen LogP contribution in [0.15, 0.2) is 72.8 Å². The van der Waals surface area contributed by atoms with E-state index in [1.165, 1.54) is 0 Å². The molecule has 0 bridgehead atoms. The molecule has 2 aliphatic heterocycles. The number of nitrogens with zero attached hydrogens (tertiary/aromatic N) is 2. The zero-order valence-electron chi connectivity index (χ0n) is 38.1. The van der Waals surface area contributed by atoms with Gasteiger partial charge in [0.05, 0.1) is 46.8 Å². The maximum atomic E-state index is 15.0. The lowest BCUT2D eigenvalue weighted by molar-refractivity contribution is 0.0877. The van der Waals surface area contributed by atoms with Gasteiger partial charge >= 0.3 is 0 Å². The van der Waals surface area contributed by atoms with Crippen LogP contribution in [-0.4, -0.2) is 50.1 Å². The summed E-state index contributed by atoms with van der Waals surface area (Å²) < 4.78 is 26.1. The molecule has 10 nitrogen and oxygen atoms in total. The van der Waals surface area contributed by atoms with Crippen molar-refractivity contribution in [2.24, 2.45) is 0 Å². The molecule has 4 amide bonds. The molecule has 9 rings (SSSR count). The van der Waals surface area contributed by atoms with Crippen molar-refractivity contribution in [3.8, 4) is 119 Å². The van der Waals surface area contributed by atoms with Crippen LogP contribution >= 0.6 is 0 Å². The van der Waals surface area contributed by atoms with Crippen molar-refractivity contribution in [1.82, 2.24) is 0 Å². The summed E-state index contributed by atoms with van der Waals surface area (Å²) in [4.78, 5) is 62.1. The minimum atomic E-state index is -0.614. The molecule has 0 atom stereocenters. The topological polar surface area (TPSA) is 112 Å². The van der Waals surface area contributed by atoms with E-state index in [4.69, 9.17) is 31.8 Å². The molecular weight excluding hydrogens is 877 g/mol. The molecule has 0 N–H and O–H groups in total. The van der Waals surface area contributed by atoms with Crippen LogP contribution in [0.3, 0.4) is 0 Å². The zero-order valence-corrected chi connectivity index (χ0v) is 38.1. The molecule has 332 valence electrons. The third-order valence-corrected chi connectivity index (χ3v) is 11.5. The number of aryl methyl sites for hydroxylation is 2. The van der Waals surface area contributed by atoms with Crippen LogP contribution in [0.5, 0.6) is 23.0 Å². The van der Waals surface area contributed by atoms with Crippen LogP contribution in [0.2, 0.25) is 0 Å².